The summed E-state index contributed by atoms with van der Waals surface area (Å²) in [5, 5.41) is 3.83. The number of hydrogen-bond acceptors (Lipinski definition) is 1. The second kappa shape index (κ2) is 7.61. The van der Waals surface area contributed by atoms with Gasteiger partial charge in [-0.3, -0.25) is 0 Å². The molecule has 1 fully saturated rings. The molecule has 0 aliphatic heterocycles. The van der Waals surface area contributed by atoms with Crippen molar-refractivity contribution in [2.75, 3.05) is 6.54 Å². The maximum atomic E-state index is 3.83. The van der Waals surface area contributed by atoms with Crippen LogP contribution in [0.3, 0.4) is 0 Å². The van der Waals surface area contributed by atoms with Crippen molar-refractivity contribution in [3.05, 3.63) is 34.3 Å². The minimum absolute atomic E-state index is 0.473. The lowest BCUT2D eigenvalue weighted by atomic mass is 9.69. The Kier molecular flexibility index (Phi) is 6.10. The first-order valence-electron chi connectivity index (χ1n) is 8.12. The first-order chi connectivity index (χ1) is 9.64. The zero-order chi connectivity index (χ0) is 14.4. The summed E-state index contributed by atoms with van der Waals surface area (Å²) in [5.41, 5.74) is 1.93. The molecule has 0 bridgehead atoms. The summed E-state index contributed by atoms with van der Waals surface area (Å²) < 4.78 is 1.17. The van der Waals surface area contributed by atoms with Crippen molar-refractivity contribution in [1.82, 2.24) is 5.32 Å². The van der Waals surface area contributed by atoms with Crippen LogP contribution >= 0.6 is 15.9 Å². The van der Waals surface area contributed by atoms with Crippen LogP contribution in [0.4, 0.5) is 0 Å². The highest BCUT2D eigenvalue weighted by molar-refractivity contribution is 9.10. The predicted molar refractivity (Wildman–Crippen MR) is 91.1 cm³/mol. The number of halogens is 1. The Morgan fingerprint density at radius 1 is 1.15 bits per heavy atom. The van der Waals surface area contributed by atoms with Gasteiger partial charge in [0.2, 0.25) is 0 Å². The van der Waals surface area contributed by atoms with Gasteiger partial charge in [0.05, 0.1) is 0 Å². The zero-order valence-corrected chi connectivity index (χ0v) is 14.5. The Morgan fingerprint density at radius 2 is 1.80 bits per heavy atom. The van der Waals surface area contributed by atoms with Crippen molar-refractivity contribution >= 4 is 15.9 Å². The molecule has 1 atom stereocenters. The molecule has 112 valence electrons. The Hall–Kier alpha value is -0.340. The average Bonchev–Trinajstić information content (AvgIpc) is 2.46. The van der Waals surface area contributed by atoms with Gasteiger partial charge in [0.15, 0.2) is 0 Å². The van der Waals surface area contributed by atoms with Gasteiger partial charge in [0.25, 0.3) is 0 Å². The molecule has 1 unspecified atom stereocenters. The molecule has 1 aromatic carbocycles. The van der Waals surface area contributed by atoms with E-state index in [0.717, 1.165) is 13.0 Å². The quantitative estimate of drug-likeness (QED) is 0.739. The molecule has 20 heavy (non-hydrogen) atoms. The fraction of sp³-hybridized carbons (Fsp3) is 0.667. The lowest BCUT2D eigenvalue weighted by molar-refractivity contribution is 0.143. The van der Waals surface area contributed by atoms with Gasteiger partial charge in [-0.05, 0) is 55.3 Å². The number of benzene rings is 1. The smallest absolute Gasteiger partial charge is 0.0175 e. The number of nitrogens with one attached hydrogen (secondary N) is 1. The van der Waals surface area contributed by atoms with Crippen molar-refractivity contribution in [2.24, 2.45) is 5.41 Å². The topological polar surface area (TPSA) is 12.0 Å². The molecule has 0 saturated heterocycles. The Morgan fingerprint density at radius 3 is 2.40 bits per heavy atom. The summed E-state index contributed by atoms with van der Waals surface area (Å²) in [6.07, 6.45) is 9.36. The van der Waals surface area contributed by atoms with Crippen LogP contribution in [0.2, 0.25) is 0 Å². The van der Waals surface area contributed by atoms with Gasteiger partial charge in [-0.15, -0.1) is 0 Å². The first-order valence-corrected chi connectivity index (χ1v) is 8.91. The molecule has 1 N–H and O–H groups in total. The highest BCUT2D eigenvalue weighted by Gasteiger charge is 2.34. The number of hydrogen-bond donors (Lipinski definition) is 1. The highest BCUT2D eigenvalue weighted by atomic mass is 79.9. The van der Waals surface area contributed by atoms with Crippen LogP contribution in [0.25, 0.3) is 0 Å². The van der Waals surface area contributed by atoms with Crippen LogP contribution in [0, 0.1) is 5.41 Å². The second-order valence-electron chi connectivity index (χ2n) is 6.55. The molecule has 0 amide bonds. The van der Waals surface area contributed by atoms with Gasteiger partial charge >= 0.3 is 0 Å². The standard InChI is InChI=1S/C18H28BrN/c1-3-13-20-17(18(2)11-5-4-6-12-18)14-15-7-9-16(19)10-8-15/h7-10,17,20H,3-6,11-14H2,1-2H3. The van der Waals surface area contributed by atoms with E-state index >= 15 is 0 Å². The van der Waals surface area contributed by atoms with Crippen LogP contribution in [0.5, 0.6) is 0 Å². The molecule has 2 heteroatoms. The molecule has 0 heterocycles. The molecule has 0 radical (unpaired) electrons. The third-order valence-electron chi connectivity index (χ3n) is 4.83. The van der Waals surface area contributed by atoms with Gasteiger partial charge in [0, 0.05) is 10.5 Å². The summed E-state index contributed by atoms with van der Waals surface area (Å²) in [7, 11) is 0. The predicted octanol–water partition coefficient (Wildman–Crippen LogP) is 5.33. The van der Waals surface area contributed by atoms with Gasteiger partial charge in [-0.2, -0.15) is 0 Å². The van der Waals surface area contributed by atoms with Gasteiger partial charge in [-0.25, -0.2) is 0 Å². The summed E-state index contributed by atoms with van der Waals surface area (Å²) in [6.45, 7) is 5.89. The molecular weight excluding hydrogens is 310 g/mol. The van der Waals surface area contributed by atoms with E-state index in [4.69, 9.17) is 0 Å². The minimum atomic E-state index is 0.473. The molecule has 2 rings (SSSR count). The second-order valence-corrected chi connectivity index (χ2v) is 7.47. The SMILES string of the molecule is CCCNC(Cc1ccc(Br)cc1)C1(C)CCCCC1. The van der Waals surface area contributed by atoms with Crippen LogP contribution in [-0.2, 0) is 6.42 Å². The molecule has 1 aromatic rings. The van der Waals surface area contributed by atoms with Crippen molar-refractivity contribution in [3.8, 4) is 0 Å². The lowest BCUT2D eigenvalue weighted by Crippen LogP contribution is -2.46. The van der Waals surface area contributed by atoms with Crippen LogP contribution in [0.15, 0.2) is 28.7 Å². The van der Waals surface area contributed by atoms with Crippen molar-refractivity contribution in [1.29, 1.82) is 0 Å². The maximum Gasteiger partial charge on any atom is 0.0175 e. The van der Waals surface area contributed by atoms with Gasteiger partial charge in [-0.1, -0.05) is 61.2 Å². The third kappa shape index (κ3) is 4.33. The molecule has 1 aliphatic rings. The monoisotopic (exact) mass is 337 g/mol. The molecule has 0 spiro atoms. The van der Waals surface area contributed by atoms with E-state index in [-0.39, 0.29) is 0 Å². The Balaban J connectivity index is 2.07. The molecular formula is C18H28BrN. The van der Waals surface area contributed by atoms with Crippen LogP contribution in [0.1, 0.15) is 57.9 Å². The molecule has 1 nitrogen and oxygen atoms in total. The van der Waals surface area contributed by atoms with Crippen LogP contribution in [-0.4, -0.2) is 12.6 Å². The fourth-order valence-corrected chi connectivity index (χ4v) is 3.71. The van der Waals surface area contributed by atoms with E-state index < -0.39 is 0 Å². The van der Waals surface area contributed by atoms with E-state index in [0.29, 0.717) is 11.5 Å². The van der Waals surface area contributed by atoms with E-state index in [1.54, 1.807) is 0 Å². The molecule has 1 saturated carbocycles. The third-order valence-corrected chi connectivity index (χ3v) is 5.36. The first kappa shape index (κ1) is 16.0. The van der Waals surface area contributed by atoms with Gasteiger partial charge in [0.1, 0.15) is 0 Å². The van der Waals surface area contributed by atoms with E-state index in [1.807, 2.05) is 0 Å². The van der Waals surface area contributed by atoms with Crippen molar-refractivity contribution in [3.63, 3.8) is 0 Å². The lowest BCUT2D eigenvalue weighted by Gasteiger charge is -2.41. The largest absolute Gasteiger partial charge is 0.313 e. The normalized spacial score (nSPS) is 19.8. The van der Waals surface area contributed by atoms with Gasteiger partial charge < -0.3 is 5.32 Å². The summed E-state index contributed by atoms with van der Waals surface area (Å²) in [5.74, 6) is 0. The van der Waals surface area contributed by atoms with Crippen LogP contribution < -0.4 is 5.32 Å². The molecule has 1 aliphatic carbocycles. The van der Waals surface area contributed by atoms with E-state index in [1.165, 1.54) is 48.6 Å². The Bertz CT molecular complexity index is 392. The number of rotatable bonds is 6. The summed E-state index contributed by atoms with van der Waals surface area (Å²) in [6, 6.07) is 9.46. The average molecular weight is 338 g/mol. The fourth-order valence-electron chi connectivity index (χ4n) is 3.45. The molecule has 0 aromatic heterocycles. The highest BCUT2D eigenvalue weighted by Crippen LogP contribution is 2.40. The van der Waals surface area contributed by atoms with E-state index in [9.17, 15) is 0 Å². The van der Waals surface area contributed by atoms with Crippen molar-refractivity contribution < 1.29 is 0 Å². The van der Waals surface area contributed by atoms with E-state index in [2.05, 4.69) is 59.4 Å². The van der Waals surface area contributed by atoms with Crippen molar-refractivity contribution in [2.45, 2.75) is 64.8 Å². The maximum absolute atomic E-state index is 3.83. The Labute approximate surface area is 132 Å². The minimum Gasteiger partial charge on any atom is -0.313 e. The summed E-state index contributed by atoms with van der Waals surface area (Å²) in [4.78, 5) is 0. The zero-order valence-electron chi connectivity index (χ0n) is 12.9. The summed E-state index contributed by atoms with van der Waals surface area (Å²) >= 11 is 3.53.